The van der Waals surface area contributed by atoms with E-state index >= 15 is 0 Å². The number of aromatic nitrogens is 2. The van der Waals surface area contributed by atoms with E-state index in [1.165, 1.54) is 0 Å². The highest BCUT2D eigenvalue weighted by molar-refractivity contribution is 5.79. The van der Waals surface area contributed by atoms with Crippen molar-refractivity contribution in [2.24, 2.45) is 17.8 Å². The topological polar surface area (TPSA) is 113 Å². The van der Waals surface area contributed by atoms with Crippen LogP contribution in [0.25, 0.3) is 11.4 Å². The monoisotopic (exact) mass is 582 g/mol. The van der Waals surface area contributed by atoms with Crippen molar-refractivity contribution < 1.29 is 23.6 Å². The number of carbonyl (C=O) groups excluding carboxylic acids is 2. The SMILES string of the molecule is COc1ccc(-c2noc(N3CCC(C(=O)NC[C@H]4CCN(C[C@H]5CCCN(C(=O)OC(C)(C)C)C5)C4)CC3)n2)cc1. The second-order valence-corrected chi connectivity index (χ2v) is 13.0. The summed E-state index contributed by atoms with van der Waals surface area (Å²) in [4.78, 5) is 36.5. The van der Waals surface area contributed by atoms with Gasteiger partial charge in [0.2, 0.25) is 11.7 Å². The van der Waals surface area contributed by atoms with E-state index in [2.05, 4.69) is 25.3 Å². The van der Waals surface area contributed by atoms with Crippen LogP contribution in [0.4, 0.5) is 10.8 Å². The standard InChI is InChI=1S/C31H46N6O5/c1-31(2,3)41-30(39)37-14-5-6-23(21-37)20-35-15-11-22(19-35)18-32-28(38)25-12-16-36(17-13-25)29-33-27(34-42-29)24-7-9-26(40-4)10-8-24/h7-10,22-23,25H,5-6,11-21H2,1-4H3,(H,32,38)/t22-,23-/m1/s1. The van der Waals surface area contributed by atoms with Crippen molar-refractivity contribution in [2.75, 3.05) is 64.4 Å². The van der Waals surface area contributed by atoms with E-state index in [9.17, 15) is 9.59 Å². The van der Waals surface area contributed by atoms with Crippen molar-refractivity contribution in [3.05, 3.63) is 24.3 Å². The molecule has 0 saturated carbocycles. The Morgan fingerprint density at radius 2 is 1.76 bits per heavy atom. The van der Waals surface area contributed by atoms with E-state index in [4.69, 9.17) is 14.0 Å². The molecule has 3 saturated heterocycles. The Hall–Kier alpha value is -3.34. The van der Waals surface area contributed by atoms with Crippen LogP contribution in [0.1, 0.15) is 52.9 Å². The summed E-state index contributed by atoms with van der Waals surface area (Å²) in [6, 6.07) is 8.05. The van der Waals surface area contributed by atoms with Gasteiger partial charge in [0.1, 0.15) is 11.4 Å². The van der Waals surface area contributed by atoms with Gasteiger partial charge in [0, 0.05) is 57.3 Å². The molecule has 0 bridgehead atoms. The fourth-order valence-electron chi connectivity index (χ4n) is 6.24. The third kappa shape index (κ3) is 7.93. The first kappa shape index (κ1) is 30.1. The molecular formula is C31H46N6O5. The zero-order valence-corrected chi connectivity index (χ0v) is 25.5. The third-order valence-electron chi connectivity index (χ3n) is 8.52. The zero-order chi connectivity index (χ0) is 29.7. The van der Waals surface area contributed by atoms with Crippen molar-refractivity contribution >= 4 is 18.0 Å². The third-order valence-corrected chi connectivity index (χ3v) is 8.52. The van der Waals surface area contributed by atoms with Gasteiger partial charge >= 0.3 is 12.1 Å². The summed E-state index contributed by atoms with van der Waals surface area (Å²) >= 11 is 0. The van der Waals surface area contributed by atoms with Crippen molar-refractivity contribution in [2.45, 2.75) is 58.5 Å². The van der Waals surface area contributed by atoms with Crippen LogP contribution >= 0.6 is 0 Å². The van der Waals surface area contributed by atoms with E-state index in [-0.39, 0.29) is 17.9 Å². The van der Waals surface area contributed by atoms with Gasteiger partial charge < -0.3 is 34.0 Å². The first-order valence-corrected chi connectivity index (χ1v) is 15.4. The minimum Gasteiger partial charge on any atom is -0.497 e. The Kier molecular flexibility index (Phi) is 9.55. The van der Waals surface area contributed by atoms with Crippen LogP contribution in [0, 0.1) is 17.8 Å². The molecule has 11 heteroatoms. The molecule has 5 rings (SSSR count). The molecule has 230 valence electrons. The smallest absolute Gasteiger partial charge is 0.410 e. The molecule has 2 amide bonds. The molecule has 11 nitrogen and oxygen atoms in total. The molecule has 0 spiro atoms. The number of nitrogens with zero attached hydrogens (tertiary/aromatic N) is 5. The minimum atomic E-state index is -0.468. The molecule has 0 aliphatic carbocycles. The van der Waals surface area contributed by atoms with Gasteiger partial charge in [0.25, 0.3) is 0 Å². The van der Waals surface area contributed by atoms with Crippen molar-refractivity contribution in [3.63, 3.8) is 0 Å². The average Bonchev–Trinajstić information content (AvgIpc) is 3.65. The molecule has 42 heavy (non-hydrogen) atoms. The molecule has 3 aliphatic rings. The molecule has 0 unspecified atom stereocenters. The summed E-state index contributed by atoms with van der Waals surface area (Å²) in [5.74, 6) is 2.41. The number of anilines is 1. The van der Waals surface area contributed by atoms with Crippen LogP contribution in [-0.4, -0.2) is 97.0 Å². The van der Waals surface area contributed by atoms with E-state index < -0.39 is 5.60 Å². The zero-order valence-electron chi connectivity index (χ0n) is 25.5. The Labute approximate surface area is 248 Å². The first-order valence-electron chi connectivity index (χ1n) is 15.4. The van der Waals surface area contributed by atoms with Crippen LogP contribution in [0.5, 0.6) is 5.75 Å². The van der Waals surface area contributed by atoms with Gasteiger partial charge in [-0.15, -0.1) is 0 Å². The number of methoxy groups -OCH3 is 1. The molecule has 3 aliphatic heterocycles. The molecule has 4 heterocycles. The number of hydrogen-bond acceptors (Lipinski definition) is 9. The predicted molar refractivity (Wildman–Crippen MR) is 159 cm³/mol. The number of nitrogens with one attached hydrogen (secondary N) is 1. The Morgan fingerprint density at radius 1 is 1.00 bits per heavy atom. The molecule has 3 fully saturated rings. The Morgan fingerprint density at radius 3 is 2.48 bits per heavy atom. The Balaban J connectivity index is 1.01. The van der Waals surface area contributed by atoms with Crippen molar-refractivity contribution in [1.82, 2.24) is 25.3 Å². The minimum absolute atomic E-state index is 0.00353. The number of hydrogen-bond donors (Lipinski definition) is 1. The molecule has 2 atom stereocenters. The molecule has 1 aromatic carbocycles. The number of benzene rings is 1. The summed E-state index contributed by atoms with van der Waals surface area (Å²) in [5, 5.41) is 7.37. The number of amides is 2. The first-order chi connectivity index (χ1) is 20.2. The lowest BCUT2D eigenvalue weighted by molar-refractivity contribution is -0.125. The molecule has 1 N–H and O–H groups in total. The predicted octanol–water partition coefficient (Wildman–Crippen LogP) is 4.05. The van der Waals surface area contributed by atoms with E-state index in [1.807, 2.05) is 49.9 Å². The maximum atomic E-state index is 13.0. The lowest BCUT2D eigenvalue weighted by Crippen LogP contribution is -2.45. The highest BCUT2D eigenvalue weighted by Gasteiger charge is 2.32. The lowest BCUT2D eigenvalue weighted by Gasteiger charge is -2.35. The summed E-state index contributed by atoms with van der Waals surface area (Å²) in [6.07, 6.45) is 4.58. The van der Waals surface area contributed by atoms with Crippen LogP contribution in [0.2, 0.25) is 0 Å². The lowest BCUT2D eigenvalue weighted by atomic mass is 9.96. The van der Waals surface area contributed by atoms with Gasteiger partial charge in [-0.1, -0.05) is 5.16 Å². The maximum absolute atomic E-state index is 13.0. The highest BCUT2D eigenvalue weighted by atomic mass is 16.6. The van der Waals surface area contributed by atoms with Crippen molar-refractivity contribution in [3.8, 4) is 17.1 Å². The molecule has 1 aromatic heterocycles. The van der Waals surface area contributed by atoms with Gasteiger partial charge in [0.15, 0.2) is 0 Å². The highest BCUT2D eigenvalue weighted by Crippen LogP contribution is 2.27. The van der Waals surface area contributed by atoms with Crippen molar-refractivity contribution in [1.29, 1.82) is 0 Å². The molecular weight excluding hydrogens is 536 g/mol. The normalized spacial score (nSPS) is 22.3. The number of carbonyl (C=O) groups is 2. The van der Waals surface area contributed by atoms with Gasteiger partial charge in [-0.05, 0) is 95.5 Å². The fourth-order valence-corrected chi connectivity index (χ4v) is 6.24. The Bertz CT molecular complexity index is 1190. The average molecular weight is 583 g/mol. The van der Waals surface area contributed by atoms with E-state index in [0.717, 1.165) is 82.7 Å². The van der Waals surface area contributed by atoms with E-state index in [1.54, 1.807) is 7.11 Å². The fraction of sp³-hybridized carbons (Fsp3) is 0.677. The number of likely N-dealkylation sites (tertiary alicyclic amines) is 2. The molecule has 2 aromatic rings. The summed E-state index contributed by atoms with van der Waals surface area (Å²) < 4.78 is 16.3. The largest absolute Gasteiger partial charge is 0.497 e. The van der Waals surface area contributed by atoms with E-state index in [0.29, 0.717) is 36.8 Å². The maximum Gasteiger partial charge on any atom is 0.410 e. The summed E-state index contributed by atoms with van der Waals surface area (Å²) in [5.41, 5.74) is 0.400. The van der Waals surface area contributed by atoms with Gasteiger partial charge in [-0.2, -0.15) is 4.98 Å². The quantitative estimate of drug-likeness (QED) is 0.493. The van der Waals surface area contributed by atoms with Crippen LogP contribution in [0.15, 0.2) is 28.8 Å². The second kappa shape index (κ2) is 13.3. The van der Waals surface area contributed by atoms with Gasteiger partial charge in [0.05, 0.1) is 7.11 Å². The number of ether oxygens (including phenoxy) is 2. The second-order valence-electron chi connectivity index (χ2n) is 13.0. The van der Waals surface area contributed by atoms with Crippen LogP contribution in [-0.2, 0) is 9.53 Å². The summed E-state index contributed by atoms with van der Waals surface area (Å²) in [7, 11) is 1.64. The van der Waals surface area contributed by atoms with Gasteiger partial charge in [-0.3, -0.25) is 4.79 Å². The molecule has 0 radical (unpaired) electrons. The summed E-state index contributed by atoms with van der Waals surface area (Å²) in [6.45, 7) is 12.5. The van der Waals surface area contributed by atoms with Crippen LogP contribution < -0.4 is 15.0 Å². The number of rotatable bonds is 8. The van der Waals surface area contributed by atoms with Crippen LogP contribution in [0.3, 0.4) is 0 Å². The van der Waals surface area contributed by atoms with Gasteiger partial charge in [-0.25, -0.2) is 4.79 Å². The number of piperidine rings is 2.